The predicted molar refractivity (Wildman–Crippen MR) is 118 cm³/mol. The molecule has 0 atom stereocenters. The highest BCUT2D eigenvalue weighted by molar-refractivity contribution is 5.76. The van der Waals surface area contributed by atoms with Gasteiger partial charge in [0.05, 0.1) is 6.61 Å². The molecule has 3 heterocycles. The Hall–Kier alpha value is -3.30. The monoisotopic (exact) mass is 429 g/mol. The van der Waals surface area contributed by atoms with E-state index in [9.17, 15) is 9.18 Å². The number of anilines is 4. The van der Waals surface area contributed by atoms with E-state index in [1.165, 1.54) is 12.1 Å². The zero-order chi connectivity index (χ0) is 21.8. The molecular formula is C21H28FN7O2. The number of halogens is 1. The van der Waals surface area contributed by atoms with Gasteiger partial charge in [0.1, 0.15) is 17.8 Å². The van der Waals surface area contributed by atoms with Crippen LogP contribution in [0, 0.1) is 5.82 Å². The van der Waals surface area contributed by atoms with Crippen LogP contribution in [0.25, 0.3) is 0 Å². The summed E-state index contributed by atoms with van der Waals surface area (Å²) >= 11 is 0. The van der Waals surface area contributed by atoms with Gasteiger partial charge in [0, 0.05) is 58.0 Å². The minimum atomic E-state index is -0.280. The number of ether oxygens (including phenoxy) is 1. The highest BCUT2D eigenvalue weighted by atomic mass is 19.1. The Morgan fingerprint density at radius 2 is 1.45 bits per heavy atom. The number of amides is 1. The van der Waals surface area contributed by atoms with E-state index >= 15 is 0 Å². The second-order valence-corrected chi connectivity index (χ2v) is 7.56. The van der Waals surface area contributed by atoms with Crippen LogP contribution < -0.4 is 20.4 Å². The quantitative estimate of drug-likeness (QED) is 0.787. The van der Waals surface area contributed by atoms with Crippen molar-refractivity contribution >= 4 is 29.1 Å². The SMILES string of the molecule is CCOC(=O)N1CCN(c2ncnc(N3CCN(c4ccc(F)cc4)CC3)c2N)CC1. The number of piperazine rings is 2. The molecule has 4 rings (SSSR count). The predicted octanol–water partition coefficient (Wildman–Crippen LogP) is 1.80. The summed E-state index contributed by atoms with van der Waals surface area (Å²) in [6.45, 7) is 7.68. The van der Waals surface area contributed by atoms with Crippen LogP contribution in [0.15, 0.2) is 30.6 Å². The maximum absolute atomic E-state index is 13.2. The van der Waals surface area contributed by atoms with Crippen LogP contribution in [-0.4, -0.2) is 79.9 Å². The fraction of sp³-hybridized carbons (Fsp3) is 0.476. The van der Waals surface area contributed by atoms with Crippen molar-refractivity contribution in [3.63, 3.8) is 0 Å². The van der Waals surface area contributed by atoms with Crippen molar-refractivity contribution in [3.8, 4) is 0 Å². The first-order chi connectivity index (χ1) is 15.1. The second kappa shape index (κ2) is 9.23. The Labute approximate surface area is 181 Å². The van der Waals surface area contributed by atoms with E-state index < -0.39 is 0 Å². The maximum atomic E-state index is 13.2. The van der Waals surface area contributed by atoms with Gasteiger partial charge < -0.3 is 30.1 Å². The van der Waals surface area contributed by atoms with E-state index in [4.69, 9.17) is 10.5 Å². The van der Waals surface area contributed by atoms with Crippen molar-refractivity contribution in [2.75, 3.05) is 79.4 Å². The van der Waals surface area contributed by atoms with E-state index in [2.05, 4.69) is 24.7 Å². The number of hydrogen-bond donors (Lipinski definition) is 1. The number of nitrogens with zero attached hydrogens (tertiary/aromatic N) is 6. The molecule has 0 radical (unpaired) electrons. The lowest BCUT2D eigenvalue weighted by Gasteiger charge is -2.38. The normalized spacial score (nSPS) is 17.1. The number of nitrogens with two attached hydrogens (primary N) is 1. The molecule has 1 aromatic heterocycles. The van der Waals surface area contributed by atoms with Crippen molar-refractivity contribution < 1.29 is 13.9 Å². The average Bonchev–Trinajstić information content (AvgIpc) is 2.80. The molecular weight excluding hydrogens is 401 g/mol. The molecule has 2 aliphatic heterocycles. The molecule has 1 amide bonds. The van der Waals surface area contributed by atoms with E-state index in [0.717, 1.165) is 37.7 Å². The number of carbonyl (C=O) groups is 1. The summed E-state index contributed by atoms with van der Waals surface area (Å²) in [5, 5.41) is 0. The number of carbonyl (C=O) groups excluding carboxylic acids is 1. The molecule has 0 aliphatic carbocycles. The van der Waals surface area contributed by atoms with E-state index in [1.807, 2.05) is 0 Å². The summed E-state index contributed by atoms with van der Waals surface area (Å²) in [6.07, 6.45) is 1.27. The Morgan fingerprint density at radius 3 is 2.00 bits per heavy atom. The lowest BCUT2D eigenvalue weighted by atomic mass is 10.2. The molecule has 2 aliphatic rings. The molecule has 31 heavy (non-hydrogen) atoms. The van der Waals surface area contributed by atoms with Gasteiger partial charge in [0.2, 0.25) is 0 Å². The van der Waals surface area contributed by atoms with Gasteiger partial charge >= 0.3 is 6.09 Å². The first kappa shape index (κ1) is 21.0. The summed E-state index contributed by atoms with van der Waals surface area (Å²) in [6, 6.07) is 6.58. The van der Waals surface area contributed by atoms with Crippen molar-refractivity contribution in [2.24, 2.45) is 0 Å². The van der Waals surface area contributed by atoms with Gasteiger partial charge in [-0.1, -0.05) is 0 Å². The molecule has 0 unspecified atom stereocenters. The Kier molecular flexibility index (Phi) is 6.24. The van der Waals surface area contributed by atoms with Gasteiger partial charge in [-0.05, 0) is 31.2 Å². The largest absolute Gasteiger partial charge is 0.450 e. The summed E-state index contributed by atoms with van der Waals surface area (Å²) in [5.41, 5.74) is 8.05. The Balaban J connectivity index is 1.39. The summed E-state index contributed by atoms with van der Waals surface area (Å²) in [4.78, 5) is 29.0. The molecule has 166 valence electrons. The molecule has 2 saturated heterocycles. The van der Waals surface area contributed by atoms with Gasteiger partial charge in [0.15, 0.2) is 11.6 Å². The van der Waals surface area contributed by atoms with Crippen molar-refractivity contribution in [3.05, 3.63) is 36.4 Å². The highest BCUT2D eigenvalue weighted by Crippen LogP contribution is 2.30. The van der Waals surface area contributed by atoms with Crippen LogP contribution in [0.2, 0.25) is 0 Å². The molecule has 2 fully saturated rings. The van der Waals surface area contributed by atoms with Gasteiger partial charge in [-0.15, -0.1) is 0 Å². The third kappa shape index (κ3) is 4.57. The highest BCUT2D eigenvalue weighted by Gasteiger charge is 2.27. The van der Waals surface area contributed by atoms with Crippen LogP contribution in [0.4, 0.5) is 32.2 Å². The second-order valence-electron chi connectivity index (χ2n) is 7.56. The zero-order valence-corrected chi connectivity index (χ0v) is 17.7. The van der Waals surface area contributed by atoms with E-state index in [-0.39, 0.29) is 11.9 Å². The lowest BCUT2D eigenvalue weighted by molar-refractivity contribution is 0.105. The Morgan fingerprint density at radius 1 is 0.935 bits per heavy atom. The molecule has 10 heteroatoms. The molecule has 0 saturated carbocycles. The fourth-order valence-electron chi connectivity index (χ4n) is 4.03. The van der Waals surface area contributed by atoms with E-state index in [1.54, 1.807) is 30.3 Å². The fourth-order valence-corrected chi connectivity index (χ4v) is 4.03. The molecule has 0 bridgehead atoms. The van der Waals surface area contributed by atoms with Crippen LogP contribution in [0.3, 0.4) is 0 Å². The third-order valence-electron chi connectivity index (χ3n) is 5.72. The summed E-state index contributed by atoms with van der Waals surface area (Å²) in [5.74, 6) is 1.21. The summed E-state index contributed by atoms with van der Waals surface area (Å²) in [7, 11) is 0. The van der Waals surface area contributed by atoms with Crippen molar-refractivity contribution in [2.45, 2.75) is 6.92 Å². The molecule has 2 N–H and O–H groups in total. The van der Waals surface area contributed by atoms with Crippen LogP contribution >= 0.6 is 0 Å². The lowest BCUT2D eigenvalue weighted by Crippen LogP contribution is -2.49. The average molecular weight is 430 g/mol. The maximum Gasteiger partial charge on any atom is 0.409 e. The minimum absolute atomic E-state index is 0.230. The molecule has 0 spiro atoms. The molecule has 2 aromatic rings. The number of nitrogen functional groups attached to an aromatic ring is 1. The van der Waals surface area contributed by atoms with Crippen molar-refractivity contribution in [1.29, 1.82) is 0 Å². The number of benzene rings is 1. The van der Waals surface area contributed by atoms with Gasteiger partial charge in [-0.3, -0.25) is 0 Å². The number of hydrogen-bond acceptors (Lipinski definition) is 8. The minimum Gasteiger partial charge on any atom is -0.450 e. The van der Waals surface area contributed by atoms with Crippen LogP contribution in [0.5, 0.6) is 0 Å². The zero-order valence-electron chi connectivity index (χ0n) is 17.7. The summed E-state index contributed by atoms with van der Waals surface area (Å²) < 4.78 is 18.3. The van der Waals surface area contributed by atoms with Gasteiger partial charge in [0.25, 0.3) is 0 Å². The number of aromatic nitrogens is 2. The van der Waals surface area contributed by atoms with Crippen LogP contribution in [0.1, 0.15) is 6.92 Å². The van der Waals surface area contributed by atoms with E-state index in [0.29, 0.717) is 44.3 Å². The van der Waals surface area contributed by atoms with Gasteiger partial charge in [-0.25, -0.2) is 19.2 Å². The first-order valence-corrected chi connectivity index (χ1v) is 10.6. The first-order valence-electron chi connectivity index (χ1n) is 10.6. The van der Waals surface area contributed by atoms with Gasteiger partial charge in [-0.2, -0.15) is 0 Å². The molecule has 1 aromatic carbocycles. The van der Waals surface area contributed by atoms with Crippen molar-refractivity contribution in [1.82, 2.24) is 14.9 Å². The number of rotatable bonds is 4. The molecule has 9 nitrogen and oxygen atoms in total. The third-order valence-corrected chi connectivity index (χ3v) is 5.72. The topological polar surface area (TPSA) is 91.1 Å². The van der Waals surface area contributed by atoms with Crippen LogP contribution in [-0.2, 0) is 4.74 Å². The Bertz CT molecular complexity index is 895. The standard InChI is InChI=1S/C21H28FN7O2/c1-2-31-21(30)29-13-11-28(12-14-29)20-18(23)19(24-15-25-20)27-9-7-26(8-10-27)17-5-3-16(22)4-6-17/h3-6,15H,2,7-14,23H2,1H3. The smallest absolute Gasteiger partial charge is 0.409 e.